The molecule has 0 aliphatic rings. The van der Waals surface area contributed by atoms with Gasteiger partial charge in [-0.05, 0) is 38.5 Å². The van der Waals surface area contributed by atoms with E-state index in [2.05, 4.69) is 30.4 Å². The van der Waals surface area contributed by atoms with Crippen LogP contribution in [0, 0.1) is 0 Å². The summed E-state index contributed by atoms with van der Waals surface area (Å²) in [6, 6.07) is 0. The first-order valence-electron chi connectivity index (χ1n) is 10.0. The van der Waals surface area contributed by atoms with Gasteiger partial charge in [0.05, 0.1) is 12.7 Å². The molecule has 28 heavy (non-hydrogen) atoms. The van der Waals surface area contributed by atoms with Crippen LogP contribution >= 0.6 is 0 Å². The van der Waals surface area contributed by atoms with Gasteiger partial charge in [0.2, 0.25) is 0 Å². The largest absolute Gasteiger partial charge is 0.463 e. The zero-order chi connectivity index (χ0) is 20.9. The molecule has 0 unspecified atom stereocenters. The predicted octanol–water partition coefficient (Wildman–Crippen LogP) is 3.78. The minimum Gasteiger partial charge on any atom is -0.463 e. The molecule has 0 saturated heterocycles. The number of hydrogen-bond acceptors (Lipinski definition) is 5. The van der Waals surface area contributed by atoms with Gasteiger partial charge in [-0.2, -0.15) is 0 Å². The van der Waals surface area contributed by atoms with Gasteiger partial charge in [0.25, 0.3) is 0 Å². The van der Waals surface area contributed by atoms with Crippen LogP contribution in [0.4, 0.5) is 0 Å². The molecule has 5 nitrogen and oxygen atoms in total. The number of ether oxygens (including phenoxy) is 1. The van der Waals surface area contributed by atoms with Crippen molar-refractivity contribution in [3.63, 3.8) is 0 Å². The molecule has 0 saturated carbocycles. The molecular weight excluding hydrogens is 356 g/mol. The summed E-state index contributed by atoms with van der Waals surface area (Å²) in [5, 5.41) is 27.0. The summed E-state index contributed by atoms with van der Waals surface area (Å²) >= 11 is 0. The molecule has 5 heteroatoms. The maximum atomic E-state index is 11.4. The lowest BCUT2D eigenvalue weighted by Gasteiger charge is -2.07. The Morgan fingerprint density at radius 1 is 0.929 bits per heavy atom. The van der Waals surface area contributed by atoms with Crippen molar-refractivity contribution >= 4 is 5.97 Å². The third-order valence-corrected chi connectivity index (χ3v) is 3.71. The molecule has 0 rings (SSSR count). The van der Waals surface area contributed by atoms with E-state index in [0.29, 0.717) is 12.8 Å². The van der Waals surface area contributed by atoms with Crippen molar-refractivity contribution in [2.45, 2.75) is 64.1 Å². The fourth-order valence-corrected chi connectivity index (χ4v) is 2.00. The minimum absolute atomic E-state index is 0.152. The van der Waals surface area contributed by atoms with E-state index in [1.807, 2.05) is 31.2 Å². The van der Waals surface area contributed by atoms with E-state index < -0.39 is 12.7 Å². The van der Waals surface area contributed by atoms with Crippen molar-refractivity contribution in [2.24, 2.45) is 0 Å². The summed E-state index contributed by atoms with van der Waals surface area (Å²) in [4.78, 5) is 11.4. The van der Waals surface area contributed by atoms with Crippen LogP contribution < -0.4 is 0 Å². The van der Waals surface area contributed by atoms with Gasteiger partial charge < -0.3 is 20.1 Å². The summed E-state index contributed by atoms with van der Waals surface area (Å²) in [7, 11) is 0. The Kier molecular flexibility index (Phi) is 18.4. The number of aliphatic hydroxyl groups excluding tert-OH is 3. The molecule has 0 radical (unpaired) electrons. The number of carbonyl (C=O) groups is 1. The second kappa shape index (κ2) is 19.8. The molecule has 158 valence electrons. The topological polar surface area (TPSA) is 87.0 Å². The van der Waals surface area contributed by atoms with Crippen LogP contribution in [-0.2, 0) is 9.53 Å². The number of rotatable bonds is 16. The van der Waals surface area contributed by atoms with E-state index in [1.165, 1.54) is 0 Å². The van der Waals surface area contributed by atoms with E-state index in [-0.39, 0.29) is 18.7 Å². The van der Waals surface area contributed by atoms with E-state index in [1.54, 1.807) is 6.08 Å². The Morgan fingerprint density at radius 3 is 2.14 bits per heavy atom. The molecule has 0 spiro atoms. The summed E-state index contributed by atoms with van der Waals surface area (Å²) in [6.07, 6.45) is 24.1. The second-order valence-corrected chi connectivity index (χ2v) is 6.32. The summed E-state index contributed by atoms with van der Waals surface area (Å²) in [5.74, 6) is -0.350. The molecule has 0 fully saturated rings. The van der Waals surface area contributed by atoms with Gasteiger partial charge in [-0.3, -0.25) is 4.79 Å². The van der Waals surface area contributed by atoms with Crippen LogP contribution in [0.15, 0.2) is 60.8 Å². The highest BCUT2D eigenvalue weighted by atomic mass is 16.5. The number of esters is 1. The van der Waals surface area contributed by atoms with Crippen molar-refractivity contribution in [3.05, 3.63) is 60.8 Å². The molecule has 0 aliphatic heterocycles. The maximum absolute atomic E-state index is 11.4. The van der Waals surface area contributed by atoms with Gasteiger partial charge in [0.15, 0.2) is 0 Å². The Morgan fingerprint density at radius 2 is 1.54 bits per heavy atom. The Hall–Kier alpha value is -1.95. The molecule has 0 heterocycles. The molecule has 0 aromatic carbocycles. The second-order valence-electron chi connectivity index (χ2n) is 6.32. The number of carbonyl (C=O) groups excluding carboxylic acids is 1. The third kappa shape index (κ3) is 18.8. The monoisotopic (exact) mass is 392 g/mol. The quantitative estimate of drug-likeness (QED) is 0.161. The SMILES string of the molecule is CC[C@H](O)/C=C/C=C\C/C=C\C/C=C\C/C=C\CCCC(=O)OC[C@@H](O)CO. The van der Waals surface area contributed by atoms with Gasteiger partial charge in [0, 0.05) is 6.42 Å². The standard InChI is InChI=1S/C23H36O5/c1-2-21(25)17-15-13-11-9-7-5-3-4-6-8-10-12-14-16-18-23(27)28-20-22(26)19-24/h4-7,10-13,15,17,21-22,24-26H,2-3,8-9,14,16,18-20H2,1H3/b6-4-,7-5-,12-10-,13-11-,17-15+/t21-,22-/m0/s1. The fourth-order valence-electron chi connectivity index (χ4n) is 2.00. The first-order valence-corrected chi connectivity index (χ1v) is 10.0. The Labute approximate surface area is 169 Å². The zero-order valence-corrected chi connectivity index (χ0v) is 17.0. The van der Waals surface area contributed by atoms with Crippen LogP contribution in [-0.4, -0.2) is 46.7 Å². The number of hydrogen-bond donors (Lipinski definition) is 3. The van der Waals surface area contributed by atoms with Crippen LogP contribution in [0.3, 0.4) is 0 Å². The van der Waals surface area contributed by atoms with Crippen molar-refractivity contribution in [1.82, 2.24) is 0 Å². The van der Waals surface area contributed by atoms with Crippen molar-refractivity contribution < 1.29 is 24.9 Å². The van der Waals surface area contributed by atoms with Crippen LogP contribution in [0.1, 0.15) is 51.9 Å². The van der Waals surface area contributed by atoms with Crippen LogP contribution in [0.25, 0.3) is 0 Å². The van der Waals surface area contributed by atoms with E-state index in [9.17, 15) is 9.90 Å². The predicted molar refractivity (Wildman–Crippen MR) is 114 cm³/mol. The summed E-state index contributed by atoms with van der Waals surface area (Å²) in [6.45, 7) is 1.39. The number of aliphatic hydroxyl groups is 3. The van der Waals surface area contributed by atoms with E-state index in [0.717, 1.165) is 32.1 Å². The van der Waals surface area contributed by atoms with Gasteiger partial charge >= 0.3 is 5.97 Å². The molecular formula is C23H36O5. The lowest BCUT2D eigenvalue weighted by atomic mass is 10.2. The van der Waals surface area contributed by atoms with Gasteiger partial charge in [-0.1, -0.05) is 67.7 Å². The highest BCUT2D eigenvalue weighted by molar-refractivity contribution is 5.69. The fraction of sp³-hybridized carbons (Fsp3) is 0.522. The molecule has 3 N–H and O–H groups in total. The molecule has 0 aliphatic carbocycles. The van der Waals surface area contributed by atoms with Crippen LogP contribution in [0.5, 0.6) is 0 Å². The lowest BCUT2D eigenvalue weighted by Crippen LogP contribution is -2.21. The number of allylic oxidation sites excluding steroid dienone is 9. The molecule has 0 aromatic heterocycles. The molecule has 0 aromatic rings. The van der Waals surface area contributed by atoms with Crippen molar-refractivity contribution in [3.8, 4) is 0 Å². The Balaban J connectivity index is 3.59. The van der Waals surface area contributed by atoms with Gasteiger partial charge in [-0.25, -0.2) is 0 Å². The van der Waals surface area contributed by atoms with E-state index >= 15 is 0 Å². The highest BCUT2D eigenvalue weighted by Gasteiger charge is 2.06. The van der Waals surface area contributed by atoms with Crippen molar-refractivity contribution in [1.29, 1.82) is 0 Å². The third-order valence-electron chi connectivity index (χ3n) is 3.71. The Bertz CT molecular complexity index is 517. The van der Waals surface area contributed by atoms with Gasteiger partial charge in [-0.15, -0.1) is 0 Å². The first-order chi connectivity index (χ1) is 13.6. The lowest BCUT2D eigenvalue weighted by molar-refractivity contribution is -0.147. The highest BCUT2D eigenvalue weighted by Crippen LogP contribution is 2.01. The van der Waals surface area contributed by atoms with E-state index in [4.69, 9.17) is 14.9 Å². The normalized spacial score (nSPS) is 14.9. The van der Waals surface area contributed by atoms with Gasteiger partial charge in [0.1, 0.15) is 12.7 Å². The maximum Gasteiger partial charge on any atom is 0.305 e. The number of unbranched alkanes of at least 4 members (excludes halogenated alkanes) is 1. The average Bonchev–Trinajstić information content (AvgIpc) is 2.71. The molecule has 2 atom stereocenters. The first kappa shape index (κ1) is 26.1. The molecule has 0 amide bonds. The summed E-state index contributed by atoms with van der Waals surface area (Å²) < 4.78 is 4.82. The average molecular weight is 393 g/mol. The molecule has 0 bridgehead atoms. The zero-order valence-electron chi connectivity index (χ0n) is 17.0. The summed E-state index contributed by atoms with van der Waals surface area (Å²) in [5.41, 5.74) is 0. The van der Waals surface area contributed by atoms with Crippen molar-refractivity contribution in [2.75, 3.05) is 13.2 Å². The van der Waals surface area contributed by atoms with Crippen LogP contribution in [0.2, 0.25) is 0 Å². The smallest absolute Gasteiger partial charge is 0.305 e. The minimum atomic E-state index is -0.996.